The summed E-state index contributed by atoms with van der Waals surface area (Å²) in [6.45, 7) is 1.89. The summed E-state index contributed by atoms with van der Waals surface area (Å²) in [5.74, 6) is -1.40. The van der Waals surface area contributed by atoms with Gasteiger partial charge in [0.15, 0.2) is 0 Å². The number of hydrogen-bond donors (Lipinski definition) is 1. The second kappa shape index (κ2) is 5.17. The molecular weight excluding hydrogens is 162 g/mol. The predicted molar refractivity (Wildman–Crippen MR) is 40.9 cm³/mol. The number of esters is 2. The van der Waals surface area contributed by atoms with Gasteiger partial charge in [0.05, 0.1) is 19.8 Å². The van der Waals surface area contributed by atoms with Crippen LogP contribution in [0.1, 0.15) is 6.92 Å². The predicted octanol–water partition coefficient (Wildman–Crippen LogP) is -0.435. The maximum absolute atomic E-state index is 10.7. The van der Waals surface area contributed by atoms with Crippen LogP contribution >= 0.6 is 0 Å². The Kier molecular flexibility index (Phi) is 4.52. The SMILES string of the molecule is CCOC(=O)/C=C(\N)C(=O)OC. The fourth-order valence-corrected chi connectivity index (χ4v) is 0.488. The Bertz CT molecular complexity index is 209. The molecule has 0 spiro atoms. The summed E-state index contributed by atoms with van der Waals surface area (Å²) in [5, 5.41) is 0. The van der Waals surface area contributed by atoms with E-state index in [9.17, 15) is 9.59 Å². The Hall–Kier alpha value is -1.52. The highest BCUT2D eigenvalue weighted by Crippen LogP contribution is 1.89. The highest BCUT2D eigenvalue weighted by molar-refractivity contribution is 5.95. The molecule has 0 unspecified atom stereocenters. The molecule has 0 saturated carbocycles. The standard InChI is InChI=1S/C7H11NO4/c1-3-12-6(9)4-5(8)7(10)11-2/h4H,3,8H2,1-2H3/b5-4-. The van der Waals surface area contributed by atoms with Gasteiger partial charge < -0.3 is 15.2 Å². The summed E-state index contributed by atoms with van der Waals surface area (Å²) in [5.41, 5.74) is 4.88. The number of hydrogen-bond acceptors (Lipinski definition) is 5. The highest BCUT2D eigenvalue weighted by Gasteiger charge is 2.06. The lowest BCUT2D eigenvalue weighted by Gasteiger charge is -1.98. The third kappa shape index (κ3) is 3.60. The van der Waals surface area contributed by atoms with Crippen molar-refractivity contribution in [3.05, 3.63) is 11.8 Å². The van der Waals surface area contributed by atoms with Gasteiger partial charge in [0.1, 0.15) is 5.70 Å². The molecule has 0 aromatic rings. The Morgan fingerprint density at radius 2 is 2.08 bits per heavy atom. The third-order valence-corrected chi connectivity index (χ3v) is 0.981. The molecule has 68 valence electrons. The fraction of sp³-hybridized carbons (Fsp3) is 0.429. The first kappa shape index (κ1) is 10.5. The minimum Gasteiger partial charge on any atom is -0.464 e. The molecule has 5 heteroatoms. The van der Waals surface area contributed by atoms with Crippen molar-refractivity contribution < 1.29 is 19.1 Å². The maximum Gasteiger partial charge on any atom is 0.354 e. The Balaban J connectivity index is 4.15. The van der Waals surface area contributed by atoms with Gasteiger partial charge in [-0.2, -0.15) is 0 Å². The van der Waals surface area contributed by atoms with Crippen molar-refractivity contribution in [1.29, 1.82) is 0 Å². The van der Waals surface area contributed by atoms with Crippen LogP contribution in [0.4, 0.5) is 0 Å². The van der Waals surface area contributed by atoms with Gasteiger partial charge in [-0.25, -0.2) is 9.59 Å². The third-order valence-electron chi connectivity index (χ3n) is 0.981. The molecule has 12 heavy (non-hydrogen) atoms. The van der Waals surface area contributed by atoms with Gasteiger partial charge in [-0.1, -0.05) is 0 Å². The lowest BCUT2D eigenvalue weighted by molar-refractivity contribution is -0.139. The van der Waals surface area contributed by atoms with Crippen molar-refractivity contribution in [1.82, 2.24) is 0 Å². The summed E-state index contributed by atoms with van der Waals surface area (Å²) in [6, 6.07) is 0. The molecule has 0 aliphatic heterocycles. The lowest BCUT2D eigenvalue weighted by atomic mass is 10.4. The van der Waals surface area contributed by atoms with Crippen molar-refractivity contribution in [2.75, 3.05) is 13.7 Å². The van der Waals surface area contributed by atoms with Crippen molar-refractivity contribution in [2.45, 2.75) is 6.92 Å². The van der Waals surface area contributed by atoms with Crippen LogP contribution < -0.4 is 5.73 Å². The first-order chi connectivity index (χ1) is 5.61. The first-order valence-electron chi connectivity index (χ1n) is 3.34. The summed E-state index contributed by atoms with van der Waals surface area (Å²) in [4.78, 5) is 21.3. The molecule has 0 atom stereocenters. The first-order valence-corrected chi connectivity index (χ1v) is 3.34. The molecule has 0 rings (SSSR count). The number of carbonyl (C=O) groups excluding carboxylic acids is 2. The van der Waals surface area contributed by atoms with Crippen LogP contribution in [0.15, 0.2) is 11.8 Å². The van der Waals surface area contributed by atoms with Gasteiger partial charge in [-0.15, -0.1) is 0 Å². The van der Waals surface area contributed by atoms with E-state index in [0.29, 0.717) is 0 Å². The van der Waals surface area contributed by atoms with E-state index >= 15 is 0 Å². The Morgan fingerprint density at radius 3 is 2.50 bits per heavy atom. The summed E-state index contributed by atoms with van der Waals surface area (Å²) in [6.07, 6.45) is 0.884. The van der Waals surface area contributed by atoms with Crippen molar-refractivity contribution in [3.63, 3.8) is 0 Å². The number of ether oxygens (including phenoxy) is 2. The molecule has 5 nitrogen and oxygen atoms in total. The molecule has 0 aliphatic rings. The number of nitrogens with two attached hydrogens (primary N) is 1. The number of carbonyl (C=O) groups is 2. The number of methoxy groups -OCH3 is 1. The molecule has 0 aliphatic carbocycles. The second-order valence-corrected chi connectivity index (χ2v) is 1.84. The average molecular weight is 173 g/mol. The van der Waals surface area contributed by atoms with E-state index in [-0.39, 0.29) is 12.3 Å². The monoisotopic (exact) mass is 173 g/mol. The molecule has 0 amide bonds. The average Bonchev–Trinajstić information content (AvgIpc) is 2.03. The molecule has 0 saturated heterocycles. The lowest BCUT2D eigenvalue weighted by Crippen LogP contribution is -2.15. The van der Waals surface area contributed by atoms with Gasteiger partial charge in [-0.05, 0) is 6.92 Å². The second-order valence-electron chi connectivity index (χ2n) is 1.84. The number of rotatable bonds is 3. The summed E-state index contributed by atoms with van der Waals surface area (Å²) < 4.78 is 8.76. The maximum atomic E-state index is 10.7. The minimum absolute atomic E-state index is 0.240. The van der Waals surface area contributed by atoms with E-state index < -0.39 is 11.9 Å². The van der Waals surface area contributed by atoms with Gasteiger partial charge >= 0.3 is 11.9 Å². The molecule has 2 N–H and O–H groups in total. The largest absolute Gasteiger partial charge is 0.464 e. The molecule has 0 radical (unpaired) electrons. The van der Waals surface area contributed by atoms with Crippen LogP contribution in [0, 0.1) is 0 Å². The fourth-order valence-electron chi connectivity index (χ4n) is 0.488. The summed E-state index contributed by atoms with van der Waals surface area (Å²) >= 11 is 0. The van der Waals surface area contributed by atoms with Crippen LogP contribution in [0.2, 0.25) is 0 Å². The minimum atomic E-state index is -0.747. The van der Waals surface area contributed by atoms with E-state index in [0.717, 1.165) is 6.08 Å². The van der Waals surface area contributed by atoms with Crippen LogP contribution in [-0.2, 0) is 19.1 Å². The van der Waals surface area contributed by atoms with Crippen molar-refractivity contribution in [3.8, 4) is 0 Å². The van der Waals surface area contributed by atoms with Crippen LogP contribution in [0.5, 0.6) is 0 Å². The summed E-state index contributed by atoms with van der Waals surface area (Å²) in [7, 11) is 1.17. The van der Waals surface area contributed by atoms with Crippen molar-refractivity contribution >= 4 is 11.9 Å². The smallest absolute Gasteiger partial charge is 0.354 e. The van der Waals surface area contributed by atoms with Gasteiger partial charge in [-0.3, -0.25) is 0 Å². The molecule has 0 heterocycles. The van der Waals surface area contributed by atoms with E-state index in [1.807, 2.05) is 0 Å². The Morgan fingerprint density at radius 1 is 1.50 bits per heavy atom. The topological polar surface area (TPSA) is 78.6 Å². The normalized spacial score (nSPS) is 10.7. The van der Waals surface area contributed by atoms with Crippen LogP contribution in [0.3, 0.4) is 0 Å². The molecule has 0 bridgehead atoms. The van der Waals surface area contributed by atoms with E-state index in [4.69, 9.17) is 5.73 Å². The van der Waals surface area contributed by atoms with E-state index in [1.54, 1.807) is 6.92 Å². The van der Waals surface area contributed by atoms with Crippen LogP contribution in [0.25, 0.3) is 0 Å². The zero-order valence-electron chi connectivity index (χ0n) is 6.99. The molecule has 0 aromatic heterocycles. The molecular formula is C7H11NO4. The van der Waals surface area contributed by atoms with Gasteiger partial charge in [0.25, 0.3) is 0 Å². The Labute approximate surface area is 70.1 Å². The zero-order chi connectivity index (χ0) is 9.56. The van der Waals surface area contributed by atoms with E-state index in [2.05, 4.69) is 9.47 Å². The van der Waals surface area contributed by atoms with Crippen LogP contribution in [-0.4, -0.2) is 25.7 Å². The van der Waals surface area contributed by atoms with Gasteiger partial charge in [0, 0.05) is 0 Å². The van der Waals surface area contributed by atoms with Gasteiger partial charge in [0.2, 0.25) is 0 Å². The highest BCUT2D eigenvalue weighted by atomic mass is 16.5. The zero-order valence-corrected chi connectivity index (χ0v) is 6.99. The van der Waals surface area contributed by atoms with Crippen molar-refractivity contribution in [2.24, 2.45) is 5.73 Å². The van der Waals surface area contributed by atoms with E-state index in [1.165, 1.54) is 7.11 Å². The molecule has 0 aromatic carbocycles. The quantitative estimate of drug-likeness (QED) is 0.462. The molecule has 0 fully saturated rings.